The summed E-state index contributed by atoms with van der Waals surface area (Å²) < 4.78 is 5.11. The zero-order chi connectivity index (χ0) is 10.8. The molecule has 1 aromatic carbocycles. The fraction of sp³-hybridized carbons (Fsp3) is 0.364. The third-order valence-corrected chi connectivity index (χ3v) is 2.36. The quantitative estimate of drug-likeness (QED) is 0.579. The van der Waals surface area contributed by atoms with Gasteiger partial charge in [-0.05, 0) is 37.0 Å². The molecule has 0 atom stereocenters. The molecule has 0 radical (unpaired) electrons. The van der Waals surface area contributed by atoms with Crippen molar-refractivity contribution in [1.82, 2.24) is 0 Å². The SMILES string of the molecule is Nc1cc(N)cc(C(=O)OCC2CC2)c1. The molecule has 1 fully saturated rings. The van der Waals surface area contributed by atoms with Crippen molar-refractivity contribution in [2.75, 3.05) is 18.1 Å². The van der Waals surface area contributed by atoms with Crippen LogP contribution in [-0.2, 0) is 4.74 Å². The van der Waals surface area contributed by atoms with Crippen molar-refractivity contribution < 1.29 is 9.53 Å². The van der Waals surface area contributed by atoms with Crippen LogP contribution >= 0.6 is 0 Å². The molecule has 0 aromatic heterocycles. The van der Waals surface area contributed by atoms with Crippen molar-refractivity contribution >= 4 is 17.3 Å². The topological polar surface area (TPSA) is 78.3 Å². The predicted molar refractivity (Wildman–Crippen MR) is 58.3 cm³/mol. The van der Waals surface area contributed by atoms with Gasteiger partial charge < -0.3 is 16.2 Å². The first-order chi connectivity index (χ1) is 7.15. The summed E-state index contributed by atoms with van der Waals surface area (Å²) in [4.78, 5) is 11.5. The van der Waals surface area contributed by atoms with E-state index < -0.39 is 0 Å². The van der Waals surface area contributed by atoms with Crippen LogP contribution in [0.1, 0.15) is 23.2 Å². The second-order valence-electron chi connectivity index (χ2n) is 3.93. The molecule has 4 N–H and O–H groups in total. The van der Waals surface area contributed by atoms with E-state index in [-0.39, 0.29) is 5.97 Å². The van der Waals surface area contributed by atoms with Crippen LogP contribution in [0.4, 0.5) is 11.4 Å². The van der Waals surface area contributed by atoms with E-state index in [0.29, 0.717) is 29.5 Å². The third-order valence-electron chi connectivity index (χ3n) is 2.36. The average molecular weight is 206 g/mol. The largest absolute Gasteiger partial charge is 0.462 e. The van der Waals surface area contributed by atoms with Gasteiger partial charge in [0, 0.05) is 11.4 Å². The molecule has 1 aliphatic rings. The molecule has 0 bridgehead atoms. The molecule has 1 aromatic rings. The van der Waals surface area contributed by atoms with E-state index in [2.05, 4.69) is 0 Å². The summed E-state index contributed by atoms with van der Waals surface area (Å²) >= 11 is 0. The number of hydrogen-bond acceptors (Lipinski definition) is 4. The van der Waals surface area contributed by atoms with Crippen molar-refractivity contribution in [2.45, 2.75) is 12.8 Å². The molecule has 0 heterocycles. The summed E-state index contributed by atoms with van der Waals surface area (Å²) in [5.41, 5.74) is 12.5. The summed E-state index contributed by atoms with van der Waals surface area (Å²) in [7, 11) is 0. The number of esters is 1. The van der Waals surface area contributed by atoms with Gasteiger partial charge in [-0.3, -0.25) is 0 Å². The van der Waals surface area contributed by atoms with Gasteiger partial charge in [-0.15, -0.1) is 0 Å². The van der Waals surface area contributed by atoms with Gasteiger partial charge in [-0.25, -0.2) is 4.79 Å². The Kier molecular flexibility index (Phi) is 2.49. The van der Waals surface area contributed by atoms with Crippen LogP contribution in [0, 0.1) is 5.92 Å². The number of nitrogens with two attached hydrogens (primary N) is 2. The summed E-state index contributed by atoms with van der Waals surface area (Å²) in [6, 6.07) is 4.76. The molecule has 4 heteroatoms. The molecule has 2 rings (SSSR count). The molecule has 0 spiro atoms. The molecular formula is C11H14N2O2. The predicted octanol–water partition coefficient (Wildman–Crippen LogP) is 1.42. The molecule has 15 heavy (non-hydrogen) atoms. The fourth-order valence-corrected chi connectivity index (χ4v) is 1.36. The van der Waals surface area contributed by atoms with Crippen LogP contribution in [-0.4, -0.2) is 12.6 Å². The van der Waals surface area contributed by atoms with Crippen molar-refractivity contribution in [3.05, 3.63) is 23.8 Å². The van der Waals surface area contributed by atoms with Crippen molar-refractivity contribution in [3.63, 3.8) is 0 Å². The highest BCUT2D eigenvalue weighted by Gasteiger charge is 2.23. The number of carbonyl (C=O) groups is 1. The maximum atomic E-state index is 11.5. The van der Waals surface area contributed by atoms with E-state index in [0.717, 1.165) is 12.8 Å². The van der Waals surface area contributed by atoms with E-state index in [9.17, 15) is 4.79 Å². The molecule has 0 unspecified atom stereocenters. The second-order valence-corrected chi connectivity index (χ2v) is 3.93. The van der Waals surface area contributed by atoms with E-state index in [4.69, 9.17) is 16.2 Å². The van der Waals surface area contributed by atoms with Gasteiger partial charge in [-0.1, -0.05) is 0 Å². The highest BCUT2D eigenvalue weighted by atomic mass is 16.5. The molecule has 4 nitrogen and oxygen atoms in total. The van der Waals surface area contributed by atoms with Gasteiger partial charge in [0.25, 0.3) is 0 Å². The minimum absolute atomic E-state index is 0.346. The smallest absolute Gasteiger partial charge is 0.338 e. The highest BCUT2D eigenvalue weighted by molar-refractivity contribution is 5.91. The summed E-state index contributed by atoms with van der Waals surface area (Å²) in [6.45, 7) is 0.507. The Balaban J connectivity index is 2.02. The van der Waals surface area contributed by atoms with Crippen LogP contribution in [0.5, 0.6) is 0 Å². The van der Waals surface area contributed by atoms with Crippen LogP contribution in [0.3, 0.4) is 0 Å². The number of rotatable bonds is 3. The average Bonchev–Trinajstić information content (AvgIpc) is 2.96. The summed E-state index contributed by atoms with van der Waals surface area (Å²) in [5.74, 6) is 0.216. The number of anilines is 2. The van der Waals surface area contributed by atoms with E-state index in [1.165, 1.54) is 0 Å². The van der Waals surface area contributed by atoms with Crippen molar-refractivity contribution in [3.8, 4) is 0 Å². The number of ether oxygens (including phenoxy) is 1. The van der Waals surface area contributed by atoms with Gasteiger partial charge in [0.1, 0.15) is 0 Å². The van der Waals surface area contributed by atoms with Gasteiger partial charge in [-0.2, -0.15) is 0 Å². The monoisotopic (exact) mass is 206 g/mol. The second kappa shape index (κ2) is 3.81. The molecular weight excluding hydrogens is 192 g/mol. The minimum atomic E-state index is -0.346. The zero-order valence-corrected chi connectivity index (χ0v) is 8.40. The van der Waals surface area contributed by atoms with Crippen LogP contribution < -0.4 is 11.5 Å². The Morgan fingerprint density at radius 3 is 2.40 bits per heavy atom. The van der Waals surface area contributed by atoms with E-state index >= 15 is 0 Å². The molecule has 0 saturated heterocycles. The summed E-state index contributed by atoms with van der Waals surface area (Å²) in [6.07, 6.45) is 2.32. The Hall–Kier alpha value is -1.71. The number of hydrogen-bond donors (Lipinski definition) is 2. The number of nitrogen functional groups attached to an aromatic ring is 2. The zero-order valence-electron chi connectivity index (χ0n) is 8.40. The van der Waals surface area contributed by atoms with Crippen LogP contribution in [0.15, 0.2) is 18.2 Å². The summed E-state index contributed by atoms with van der Waals surface area (Å²) in [5, 5.41) is 0. The lowest BCUT2D eigenvalue weighted by Crippen LogP contribution is -2.08. The Morgan fingerprint density at radius 2 is 1.87 bits per heavy atom. The van der Waals surface area contributed by atoms with Gasteiger partial charge in [0.15, 0.2) is 0 Å². The standard InChI is InChI=1S/C11H14N2O2/c12-9-3-8(4-10(13)5-9)11(14)15-6-7-1-2-7/h3-5,7H,1-2,6,12-13H2. The molecule has 1 saturated carbocycles. The van der Waals surface area contributed by atoms with Crippen molar-refractivity contribution in [1.29, 1.82) is 0 Å². The maximum Gasteiger partial charge on any atom is 0.338 e. The lowest BCUT2D eigenvalue weighted by Gasteiger charge is -2.05. The van der Waals surface area contributed by atoms with Crippen LogP contribution in [0.2, 0.25) is 0 Å². The number of benzene rings is 1. The first kappa shape index (κ1) is 9.83. The molecule has 80 valence electrons. The normalized spacial score (nSPS) is 14.9. The van der Waals surface area contributed by atoms with Crippen molar-refractivity contribution in [2.24, 2.45) is 5.92 Å². The number of carbonyl (C=O) groups excluding carboxylic acids is 1. The minimum Gasteiger partial charge on any atom is -0.462 e. The van der Waals surface area contributed by atoms with Gasteiger partial charge in [0.2, 0.25) is 0 Å². The lowest BCUT2D eigenvalue weighted by molar-refractivity contribution is 0.0486. The molecule has 0 aliphatic heterocycles. The first-order valence-electron chi connectivity index (χ1n) is 4.98. The fourth-order valence-electron chi connectivity index (χ4n) is 1.36. The van der Waals surface area contributed by atoms with Crippen LogP contribution in [0.25, 0.3) is 0 Å². The Morgan fingerprint density at radius 1 is 1.27 bits per heavy atom. The Labute approximate surface area is 88.2 Å². The van der Waals surface area contributed by atoms with E-state index in [1.54, 1.807) is 18.2 Å². The third kappa shape index (κ3) is 2.62. The van der Waals surface area contributed by atoms with Gasteiger partial charge in [0.05, 0.1) is 12.2 Å². The highest BCUT2D eigenvalue weighted by Crippen LogP contribution is 2.29. The molecule has 1 aliphatic carbocycles. The first-order valence-corrected chi connectivity index (χ1v) is 4.98. The molecule has 0 amide bonds. The Bertz CT molecular complexity index is 366. The van der Waals surface area contributed by atoms with E-state index in [1.807, 2.05) is 0 Å². The maximum absolute atomic E-state index is 11.5. The van der Waals surface area contributed by atoms with Gasteiger partial charge >= 0.3 is 5.97 Å². The lowest BCUT2D eigenvalue weighted by atomic mass is 10.2.